The summed E-state index contributed by atoms with van der Waals surface area (Å²) in [6, 6.07) is 10.9. The van der Waals surface area contributed by atoms with Gasteiger partial charge >= 0.3 is 0 Å². The zero-order valence-electron chi connectivity index (χ0n) is 9.10. The van der Waals surface area contributed by atoms with E-state index in [-0.39, 0.29) is 0 Å². The number of nitriles is 1. The van der Waals surface area contributed by atoms with Crippen LogP contribution in [0.25, 0.3) is 0 Å². The van der Waals surface area contributed by atoms with Gasteiger partial charge in [0.25, 0.3) is 0 Å². The summed E-state index contributed by atoms with van der Waals surface area (Å²) in [5, 5.41) is 15.7. The lowest BCUT2D eigenvalue weighted by atomic mass is 10.2. The standard InChI is InChI=1S/C12H9N3OS/c1-8-6-9(7-13)12(17-8)14-10-4-2-3-5-11(10)15-16/h2-6,14H,1H3. The third-order valence-electron chi connectivity index (χ3n) is 2.23. The summed E-state index contributed by atoms with van der Waals surface area (Å²) in [5.74, 6) is 0. The van der Waals surface area contributed by atoms with E-state index in [1.54, 1.807) is 18.2 Å². The predicted octanol–water partition coefficient (Wildman–Crippen LogP) is 4.07. The minimum atomic E-state index is 0.336. The zero-order chi connectivity index (χ0) is 12.3. The second kappa shape index (κ2) is 4.76. The molecule has 2 rings (SSSR count). The number of hydrogen-bond donors (Lipinski definition) is 1. The molecule has 5 heteroatoms. The molecule has 0 unspecified atom stereocenters. The van der Waals surface area contributed by atoms with Crippen molar-refractivity contribution in [2.24, 2.45) is 5.18 Å². The van der Waals surface area contributed by atoms with Crippen LogP contribution in [-0.2, 0) is 0 Å². The molecule has 84 valence electrons. The first-order valence-corrected chi connectivity index (χ1v) is 5.76. The molecule has 0 aliphatic carbocycles. The van der Waals surface area contributed by atoms with Crippen LogP contribution in [0.3, 0.4) is 0 Å². The Balaban J connectivity index is 2.38. The maximum Gasteiger partial charge on any atom is 0.131 e. The van der Waals surface area contributed by atoms with Gasteiger partial charge in [-0.25, -0.2) is 0 Å². The molecule has 0 spiro atoms. The Labute approximate surface area is 102 Å². The number of nitrogens with zero attached hydrogens (tertiary/aromatic N) is 2. The van der Waals surface area contributed by atoms with Crippen molar-refractivity contribution in [3.05, 3.63) is 45.7 Å². The van der Waals surface area contributed by atoms with E-state index in [9.17, 15) is 4.91 Å². The minimum absolute atomic E-state index is 0.336. The fourth-order valence-corrected chi connectivity index (χ4v) is 2.35. The highest BCUT2D eigenvalue weighted by atomic mass is 32.1. The molecule has 0 saturated heterocycles. The zero-order valence-corrected chi connectivity index (χ0v) is 9.91. The van der Waals surface area contributed by atoms with Crippen molar-refractivity contribution in [1.82, 2.24) is 0 Å². The van der Waals surface area contributed by atoms with E-state index in [0.29, 0.717) is 16.9 Å². The summed E-state index contributed by atoms with van der Waals surface area (Å²) in [5.41, 5.74) is 1.52. The first kappa shape index (κ1) is 11.3. The number of benzene rings is 1. The maximum absolute atomic E-state index is 10.6. The van der Waals surface area contributed by atoms with Gasteiger partial charge < -0.3 is 5.32 Å². The van der Waals surface area contributed by atoms with Crippen LogP contribution in [0, 0.1) is 23.2 Å². The Bertz CT molecular complexity index is 598. The van der Waals surface area contributed by atoms with Crippen LogP contribution in [0.4, 0.5) is 16.4 Å². The van der Waals surface area contributed by atoms with E-state index in [4.69, 9.17) is 5.26 Å². The Morgan fingerprint density at radius 2 is 2.18 bits per heavy atom. The number of nitrogens with one attached hydrogen (secondary N) is 1. The number of thiophene rings is 1. The Morgan fingerprint density at radius 3 is 2.88 bits per heavy atom. The quantitative estimate of drug-likeness (QED) is 0.826. The van der Waals surface area contributed by atoms with Crippen molar-refractivity contribution in [2.75, 3.05) is 5.32 Å². The summed E-state index contributed by atoms with van der Waals surface area (Å²) < 4.78 is 0. The molecule has 1 aromatic carbocycles. The SMILES string of the molecule is Cc1cc(C#N)c(Nc2ccccc2N=O)s1. The van der Waals surface area contributed by atoms with E-state index < -0.39 is 0 Å². The lowest BCUT2D eigenvalue weighted by Crippen LogP contribution is -1.89. The minimum Gasteiger partial charge on any atom is -0.344 e. The summed E-state index contributed by atoms with van der Waals surface area (Å²) in [6.45, 7) is 1.93. The number of aryl methyl sites for hydroxylation is 1. The van der Waals surface area contributed by atoms with Crippen LogP contribution in [0.2, 0.25) is 0 Å². The van der Waals surface area contributed by atoms with Gasteiger partial charge in [-0.3, -0.25) is 0 Å². The number of nitroso groups, excluding NO2 is 1. The summed E-state index contributed by atoms with van der Waals surface area (Å²) in [4.78, 5) is 11.7. The van der Waals surface area contributed by atoms with Crippen LogP contribution in [0.15, 0.2) is 35.5 Å². The topological polar surface area (TPSA) is 65.2 Å². The molecule has 1 heterocycles. The first-order valence-electron chi connectivity index (χ1n) is 4.94. The molecule has 0 radical (unpaired) electrons. The van der Waals surface area contributed by atoms with Crippen molar-refractivity contribution >= 4 is 27.7 Å². The van der Waals surface area contributed by atoms with Gasteiger partial charge in [0.2, 0.25) is 0 Å². The van der Waals surface area contributed by atoms with Gasteiger partial charge in [-0.2, -0.15) is 5.26 Å². The Hall–Kier alpha value is -2.19. The van der Waals surface area contributed by atoms with Crippen molar-refractivity contribution < 1.29 is 0 Å². The second-order valence-electron chi connectivity index (χ2n) is 3.45. The third-order valence-corrected chi connectivity index (χ3v) is 3.19. The molecule has 1 N–H and O–H groups in total. The Morgan fingerprint density at radius 1 is 1.41 bits per heavy atom. The molecule has 1 aromatic heterocycles. The average Bonchev–Trinajstić information content (AvgIpc) is 2.70. The number of rotatable bonds is 3. The fourth-order valence-electron chi connectivity index (χ4n) is 1.47. The van der Waals surface area contributed by atoms with Crippen LogP contribution < -0.4 is 5.32 Å². The predicted molar refractivity (Wildman–Crippen MR) is 69.0 cm³/mol. The van der Waals surface area contributed by atoms with Crippen molar-refractivity contribution in [1.29, 1.82) is 5.26 Å². The van der Waals surface area contributed by atoms with Gasteiger partial charge in [-0.1, -0.05) is 12.1 Å². The number of anilines is 2. The molecule has 2 aromatic rings. The van der Waals surface area contributed by atoms with E-state index >= 15 is 0 Å². The molecule has 0 aliphatic rings. The molecule has 0 fully saturated rings. The highest BCUT2D eigenvalue weighted by molar-refractivity contribution is 7.16. The van der Waals surface area contributed by atoms with E-state index in [2.05, 4.69) is 16.6 Å². The molecular weight excluding hydrogens is 234 g/mol. The fraction of sp³-hybridized carbons (Fsp3) is 0.0833. The van der Waals surface area contributed by atoms with Gasteiger partial charge in [0.05, 0.1) is 11.3 Å². The molecule has 0 aliphatic heterocycles. The molecule has 0 bridgehead atoms. The van der Waals surface area contributed by atoms with Gasteiger partial charge in [-0.15, -0.1) is 16.2 Å². The van der Waals surface area contributed by atoms with Crippen molar-refractivity contribution in [3.8, 4) is 6.07 Å². The van der Waals surface area contributed by atoms with Crippen molar-refractivity contribution in [3.63, 3.8) is 0 Å². The highest BCUT2D eigenvalue weighted by Crippen LogP contribution is 2.33. The van der Waals surface area contributed by atoms with E-state index in [0.717, 1.165) is 9.88 Å². The maximum atomic E-state index is 10.6. The number of para-hydroxylation sites is 1. The summed E-state index contributed by atoms with van der Waals surface area (Å²) >= 11 is 1.48. The first-order chi connectivity index (χ1) is 8.24. The van der Waals surface area contributed by atoms with Gasteiger partial charge in [0.15, 0.2) is 0 Å². The molecule has 17 heavy (non-hydrogen) atoms. The summed E-state index contributed by atoms with van der Waals surface area (Å²) in [6.07, 6.45) is 0. The van der Waals surface area contributed by atoms with E-state index in [1.165, 1.54) is 11.3 Å². The van der Waals surface area contributed by atoms with Gasteiger partial charge in [-0.05, 0) is 30.3 Å². The average molecular weight is 243 g/mol. The van der Waals surface area contributed by atoms with Crippen LogP contribution >= 0.6 is 11.3 Å². The lowest BCUT2D eigenvalue weighted by molar-refractivity contribution is 1.46. The lowest BCUT2D eigenvalue weighted by Gasteiger charge is -2.05. The molecule has 4 nitrogen and oxygen atoms in total. The summed E-state index contributed by atoms with van der Waals surface area (Å²) in [7, 11) is 0. The monoisotopic (exact) mass is 243 g/mol. The normalized spacial score (nSPS) is 9.65. The Kier molecular flexibility index (Phi) is 3.17. The molecular formula is C12H9N3OS. The van der Waals surface area contributed by atoms with Crippen LogP contribution in [-0.4, -0.2) is 0 Å². The van der Waals surface area contributed by atoms with Gasteiger partial charge in [0, 0.05) is 4.88 Å². The van der Waals surface area contributed by atoms with Crippen molar-refractivity contribution in [2.45, 2.75) is 6.92 Å². The van der Waals surface area contributed by atoms with Gasteiger partial charge in [0.1, 0.15) is 16.8 Å². The van der Waals surface area contributed by atoms with Crippen LogP contribution in [0.5, 0.6) is 0 Å². The smallest absolute Gasteiger partial charge is 0.131 e. The van der Waals surface area contributed by atoms with E-state index in [1.807, 2.05) is 19.1 Å². The second-order valence-corrected chi connectivity index (χ2v) is 4.70. The highest BCUT2D eigenvalue weighted by Gasteiger charge is 2.09. The molecule has 0 saturated carbocycles. The number of hydrogen-bond acceptors (Lipinski definition) is 5. The molecule has 0 amide bonds. The van der Waals surface area contributed by atoms with Crippen LogP contribution in [0.1, 0.15) is 10.4 Å². The third kappa shape index (κ3) is 2.32. The largest absolute Gasteiger partial charge is 0.344 e. The molecule has 0 atom stereocenters.